The number of carbonyl (C=O) groups is 3. The van der Waals surface area contributed by atoms with Crippen LogP contribution in [0.1, 0.15) is 145 Å². The zero-order valence-electron chi connectivity index (χ0n) is 43.3. The number of esters is 3. The van der Waals surface area contributed by atoms with Gasteiger partial charge in [-0.1, -0.05) is 78.6 Å². The maximum atomic E-state index is 14.0. The molecule has 72 heavy (non-hydrogen) atoms. The quantitative estimate of drug-likeness (QED) is 0.0737. The highest BCUT2D eigenvalue weighted by Gasteiger charge is 2.58. The highest BCUT2D eigenvalue weighted by Crippen LogP contribution is 2.38. The topological polar surface area (TPSA) is 315 Å². The van der Waals surface area contributed by atoms with Crippen molar-refractivity contribution in [3.63, 3.8) is 0 Å². The van der Waals surface area contributed by atoms with Crippen molar-refractivity contribution in [2.75, 3.05) is 6.61 Å². The fraction of sp³-hybridized carbons (Fsp3) is 0.940. The van der Waals surface area contributed by atoms with E-state index in [1.54, 1.807) is 20.8 Å². The lowest BCUT2D eigenvalue weighted by molar-refractivity contribution is -0.399. The van der Waals surface area contributed by atoms with Gasteiger partial charge in [0.25, 0.3) is 0 Å². The average Bonchev–Trinajstić information content (AvgIpc) is 3.34. The van der Waals surface area contributed by atoms with E-state index in [0.29, 0.717) is 32.1 Å². The molecule has 0 aromatic carbocycles. The predicted molar refractivity (Wildman–Crippen MR) is 250 cm³/mol. The standard InChI is InChI=1S/C50H86O22/c1-9-11-17-20-30-21-18-15-13-12-14-16-19-22-32(53)67-43-40(70-47-38(59)37(58)39(28(7)63-47)68-46(61)25(4)26(5)52)29(8)64-50(44(43)69-45(60)24(3)10-2)72-42-36(57)34(55)31(23-51)66-49(42)71-41-35(56)33(54)27(6)62-48(41)65-30/h24-31,33-44,47-52,54-59H,9-23H2,1-8H3/t24-,25+,26+,27+,28+,29-,30?,31+,33+,34+,35-,36-,37+,38+,39+,40-,41+,42+,43+,44+,47-,48-,49-,50-/m0/s1. The number of unbranched alkanes of at least 4 members (excludes halogenated alkanes) is 2. The van der Waals surface area contributed by atoms with E-state index in [2.05, 4.69) is 6.92 Å². The van der Waals surface area contributed by atoms with Gasteiger partial charge in [0.2, 0.25) is 0 Å². The molecule has 2 bridgehead atoms. The van der Waals surface area contributed by atoms with Crippen molar-refractivity contribution in [2.45, 2.75) is 280 Å². The Morgan fingerprint density at radius 3 is 1.83 bits per heavy atom. The van der Waals surface area contributed by atoms with Crippen molar-refractivity contribution in [3.05, 3.63) is 0 Å². The zero-order chi connectivity index (χ0) is 53.0. The molecule has 5 heterocycles. The molecule has 5 saturated heterocycles. The SMILES string of the molecule is CCCCCC1CCCCCCCCCC(=O)O[C@@H]2[C@@H](O[C@@H]3O[C@H](C)[C@@H](OC(=O)[C@H](C)[C@@H](C)O)[C@H](O)[C@H]3O)[C@H](C)O[C@@H](O[C@H]3[C@H](O[C@H]4[C@H](O1)O[C@H](C)[C@@H](O)[C@@H]4O)O[C@H](CO)[C@@H](O)[C@@H]3O)[C@@H]2OC(=O)[C@@H](C)CC. The summed E-state index contributed by atoms with van der Waals surface area (Å²) in [5.41, 5.74) is 0. The number of hydrogen-bond acceptors (Lipinski definition) is 22. The summed E-state index contributed by atoms with van der Waals surface area (Å²) in [6.45, 7) is 12.0. The second-order valence-corrected chi connectivity index (χ2v) is 20.5. The largest absolute Gasteiger partial charge is 0.456 e. The monoisotopic (exact) mass is 1040 g/mol. The van der Waals surface area contributed by atoms with E-state index in [9.17, 15) is 55.2 Å². The van der Waals surface area contributed by atoms with E-state index < -0.39 is 165 Å². The van der Waals surface area contributed by atoms with Crippen molar-refractivity contribution in [1.29, 1.82) is 0 Å². The fourth-order valence-corrected chi connectivity index (χ4v) is 9.53. The van der Waals surface area contributed by atoms with Gasteiger partial charge in [0.15, 0.2) is 43.5 Å². The molecular weight excluding hydrogens is 953 g/mol. The molecule has 5 rings (SSSR count). The Bertz CT molecular complexity index is 1640. The Kier molecular flexibility index (Phi) is 24.2. The van der Waals surface area contributed by atoms with Crippen molar-refractivity contribution < 1.29 is 107 Å². The maximum Gasteiger partial charge on any atom is 0.311 e. The highest BCUT2D eigenvalue weighted by atomic mass is 16.8. The van der Waals surface area contributed by atoms with Crippen molar-refractivity contribution >= 4 is 17.9 Å². The van der Waals surface area contributed by atoms with Crippen LogP contribution in [0.4, 0.5) is 0 Å². The maximum absolute atomic E-state index is 14.0. The lowest BCUT2D eigenvalue weighted by Gasteiger charge is -2.50. The summed E-state index contributed by atoms with van der Waals surface area (Å²) < 4.78 is 68.2. The van der Waals surface area contributed by atoms with Gasteiger partial charge in [-0.2, -0.15) is 0 Å². The van der Waals surface area contributed by atoms with Crippen LogP contribution < -0.4 is 0 Å². The minimum atomic E-state index is -1.93. The van der Waals surface area contributed by atoms with Gasteiger partial charge in [0.05, 0.1) is 49.0 Å². The molecule has 0 aromatic heterocycles. The van der Waals surface area contributed by atoms with E-state index >= 15 is 0 Å². The first-order valence-electron chi connectivity index (χ1n) is 26.4. The number of aliphatic hydroxyl groups excluding tert-OH is 8. The van der Waals surface area contributed by atoms with Crippen LogP contribution in [-0.4, -0.2) is 200 Å². The molecule has 8 N–H and O–H groups in total. The Morgan fingerprint density at radius 2 is 1.19 bits per heavy atom. The second-order valence-electron chi connectivity index (χ2n) is 20.5. The van der Waals surface area contributed by atoms with Crippen molar-refractivity contribution in [2.24, 2.45) is 11.8 Å². The van der Waals surface area contributed by atoms with Crippen LogP contribution in [0.15, 0.2) is 0 Å². The Hall–Kier alpha value is -2.23. The fourth-order valence-electron chi connectivity index (χ4n) is 9.53. The van der Waals surface area contributed by atoms with Gasteiger partial charge in [0.1, 0.15) is 61.0 Å². The number of fused-ring (bicyclic) bond motifs is 4. The van der Waals surface area contributed by atoms with E-state index in [4.69, 9.17) is 52.1 Å². The van der Waals surface area contributed by atoms with Crippen LogP contribution in [-0.2, 0) is 66.5 Å². The normalized spacial score (nSPS) is 42.4. The average molecular weight is 1040 g/mol. The minimum Gasteiger partial charge on any atom is -0.456 e. The molecule has 0 amide bonds. The van der Waals surface area contributed by atoms with Crippen LogP contribution in [0, 0.1) is 11.8 Å². The molecule has 5 aliphatic rings. The summed E-state index contributed by atoms with van der Waals surface area (Å²) >= 11 is 0. The Balaban J connectivity index is 1.54. The van der Waals surface area contributed by atoms with Crippen LogP contribution in [0.3, 0.4) is 0 Å². The van der Waals surface area contributed by atoms with Crippen molar-refractivity contribution in [3.8, 4) is 0 Å². The van der Waals surface area contributed by atoms with Gasteiger partial charge in [-0.15, -0.1) is 0 Å². The smallest absolute Gasteiger partial charge is 0.311 e. The molecule has 22 nitrogen and oxygen atoms in total. The molecule has 5 aliphatic heterocycles. The van der Waals surface area contributed by atoms with Gasteiger partial charge in [-0.05, 0) is 60.3 Å². The van der Waals surface area contributed by atoms with Gasteiger partial charge in [0, 0.05) is 6.42 Å². The third kappa shape index (κ3) is 15.7. The first-order valence-corrected chi connectivity index (χ1v) is 26.4. The summed E-state index contributed by atoms with van der Waals surface area (Å²) in [5.74, 6) is -4.04. The van der Waals surface area contributed by atoms with Gasteiger partial charge >= 0.3 is 17.9 Å². The van der Waals surface area contributed by atoms with Gasteiger partial charge < -0.3 is 93.0 Å². The number of hydrogen-bond donors (Lipinski definition) is 8. The molecule has 22 heteroatoms. The molecule has 24 atom stereocenters. The number of ether oxygens (including phenoxy) is 11. The molecule has 0 aromatic rings. The molecule has 0 saturated carbocycles. The minimum absolute atomic E-state index is 0.0553. The zero-order valence-corrected chi connectivity index (χ0v) is 43.3. The first-order chi connectivity index (χ1) is 34.2. The lowest BCUT2D eigenvalue weighted by Crippen LogP contribution is -2.68. The van der Waals surface area contributed by atoms with E-state index in [1.165, 1.54) is 27.7 Å². The van der Waals surface area contributed by atoms with Crippen LogP contribution in [0.25, 0.3) is 0 Å². The van der Waals surface area contributed by atoms with Crippen LogP contribution >= 0.6 is 0 Å². The molecule has 0 spiro atoms. The second kappa shape index (κ2) is 28.8. The molecule has 5 fully saturated rings. The molecule has 0 radical (unpaired) electrons. The summed E-state index contributed by atoms with van der Waals surface area (Å²) in [6, 6.07) is 0. The first kappa shape index (κ1) is 60.6. The number of aliphatic hydroxyl groups is 8. The van der Waals surface area contributed by atoms with Gasteiger partial charge in [-0.3, -0.25) is 14.4 Å². The van der Waals surface area contributed by atoms with Crippen LogP contribution in [0.2, 0.25) is 0 Å². The van der Waals surface area contributed by atoms with E-state index in [-0.39, 0.29) is 12.5 Å². The lowest BCUT2D eigenvalue weighted by atomic mass is 9.95. The van der Waals surface area contributed by atoms with E-state index in [0.717, 1.165) is 51.4 Å². The Labute approximate surface area is 423 Å². The number of rotatable bonds is 13. The third-order valence-electron chi connectivity index (χ3n) is 14.7. The predicted octanol–water partition coefficient (Wildman–Crippen LogP) is 1.55. The summed E-state index contributed by atoms with van der Waals surface area (Å²) in [6.07, 6.45) is -22.7. The summed E-state index contributed by atoms with van der Waals surface area (Å²) in [4.78, 5) is 40.6. The molecular formula is C50H86O22. The summed E-state index contributed by atoms with van der Waals surface area (Å²) in [5, 5.41) is 88.9. The molecule has 1 unspecified atom stereocenters. The third-order valence-corrected chi connectivity index (χ3v) is 14.7. The van der Waals surface area contributed by atoms with Gasteiger partial charge in [-0.25, -0.2) is 0 Å². The Morgan fingerprint density at radius 1 is 0.611 bits per heavy atom. The number of carbonyl (C=O) groups excluding carboxylic acids is 3. The molecule has 418 valence electrons. The van der Waals surface area contributed by atoms with E-state index in [1.807, 2.05) is 0 Å². The molecule has 0 aliphatic carbocycles. The van der Waals surface area contributed by atoms with Crippen LogP contribution in [0.5, 0.6) is 0 Å². The highest BCUT2D eigenvalue weighted by molar-refractivity contribution is 5.73. The van der Waals surface area contributed by atoms with Crippen molar-refractivity contribution in [1.82, 2.24) is 0 Å². The summed E-state index contributed by atoms with van der Waals surface area (Å²) in [7, 11) is 0.